The molecule has 1 unspecified atom stereocenters. The van der Waals surface area contributed by atoms with Crippen molar-refractivity contribution in [3.8, 4) is 0 Å². The Bertz CT molecular complexity index is 496. The summed E-state index contributed by atoms with van der Waals surface area (Å²) in [5, 5.41) is 6.31. The molecule has 2 rings (SSSR count). The molecule has 7 heteroatoms. The fraction of sp³-hybridized carbons (Fsp3) is 0.692. The van der Waals surface area contributed by atoms with E-state index in [9.17, 15) is 9.59 Å². The molecule has 1 aliphatic heterocycles. The summed E-state index contributed by atoms with van der Waals surface area (Å²) in [5.74, 6) is 0.298. The van der Waals surface area contributed by atoms with Gasteiger partial charge in [0, 0.05) is 13.0 Å². The van der Waals surface area contributed by atoms with Gasteiger partial charge in [0.05, 0.1) is 0 Å². The molecule has 7 nitrogen and oxygen atoms in total. The van der Waals surface area contributed by atoms with Crippen molar-refractivity contribution >= 4 is 11.8 Å². The first kappa shape index (κ1) is 14.5. The van der Waals surface area contributed by atoms with Gasteiger partial charge >= 0.3 is 0 Å². The fourth-order valence-corrected chi connectivity index (χ4v) is 2.49. The highest BCUT2D eigenvalue weighted by atomic mass is 16.5. The molecular formula is C13H20N4O3. The van der Waals surface area contributed by atoms with E-state index in [1.807, 2.05) is 13.8 Å². The summed E-state index contributed by atoms with van der Waals surface area (Å²) in [6, 6.07) is -0.460. The third kappa shape index (κ3) is 2.66. The maximum Gasteiger partial charge on any atom is 0.248 e. The molecule has 20 heavy (non-hydrogen) atoms. The zero-order chi connectivity index (χ0) is 14.9. The van der Waals surface area contributed by atoms with E-state index in [0.717, 1.165) is 0 Å². The maximum absolute atomic E-state index is 12.5. The maximum atomic E-state index is 12.5. The predicted octanol–water partition coefficient (Wildman–Crippen LogP) is 0.374. The summed E-state index contributed by atoms with van der Waals surface area (Å²) in [4.78, 5) is 30.3. The quantitative estimate of drug-likeness (QED) is 0.861. The van der Waals surface area contributed by atoms with E-state index in [2.05, 4.69) is 15.5 Å². The van der Waals surface area contributed by atoms with E-state index in [4.69, 9.17) is 4.52 Å². The van der Waals surface area contributed by atoms with E-state index >= 15 is 0 Å². The number of nitrogens with zero attached hydrogens (tertiary/aromatic N) is 3. The van der Waals surface area contributed by atoms with Crippen LogP contribution in [0.25, 0.3) is 0 Å². The Morgan fingerprint density at radius 2 is 2.15 bits per heavy atom. The van der Waals surface area contributed by atoms with Crippen LogP contribution in [0.2, 0.25) is 0 Å². The predicted molar refractivity (Wildman–Crippen MR) is 70.6 cm³/mol. The SMILES string of the molecule is CC(C)C1C(=O)NC(C)(C)C(=O)N1CCc1ncno1. The molecule has 1 fully saturated rings. The van der Waals surface area contributed by atoms with Crippen LogP contribution in [0.3, 0.4) is 0 Å². The molecule has 110 valence electrons. The molecular weight excluding hydrogens is 260 g/mol. The highest BCUT2D eigenvalue weighted by molar-refractivity contribution is 5.99. The van der Waals surface area contributed by atoms with Crippen LogP contribution in [-0.4, -0.2) is 45.0 Å². The minimum atomic E-state index is -0.878. The average Bonchev–Trinajstić information content (AvgIpc) is 2.83. The number of amides is 2. The smallest absolute Gasteiger partial charge is 0.248 e. The third-order valence-corrected chi connectivity index (χ3v) is 3.44. The van der Waals surface area contributed by atoms with Crippen molar-refractivity contribution in [2.75, 3.05) is 6.54 Å². The van der Waals surface area contributed by atoms with E-state index in [0.29, 0.717) is 18.9 Å². The van der Waals surface area contributed by atoms with Crippen molar-refractivity contribution in [2.45, 2.75) is 45.7 Å². The van der Waals surface area contributed by atoms with Gasteiger partial charge < -0.3 is 14.7 Å². The van der Waals surface area contributed by atoms with Crippen LogP contribution in [0.4, 0.5) is 0 Å². The first-order chi connectivity index (χ1) is 9.33. The Hall–Kier alpha value is -1.92. The molecule has 1 aromatic rings. The zero-order valence-electron chi connectivity index (χ0n) is 12.2. The number of hydrogen-bond acceptors (Lipinski definition) is 5. The molecule has 1 aliphatic rings. The number of piperazine rings is 1. The Morgan fingerprint density at radius 3 is 2.70 bits per heavy atom. The lowest BCUT2D eigenvalue weighted by Gasteiger charge is -2.44. The molecule has 0 radical (unpaired) electrons. The minimum Gasteiger partial charge on any atom is -0.340 e. The molecule has 0 aromatic carbocycles. The molecule has 2 amide bonds. The Kier molecular flexibility index (Phi) is 3.78. The van der Waals surface area contributed by atoms with Crippen molar-refractivity contribution in [3.63, 3.8) is 0 Å². The number of nitrogens with one attached hydrogen (secondary N) is 1. The standard InChI is InChI=1S/C13H20N4O3/c1-8(2)10-11(18)16-13(3,4)12(19)17(10)6-5-9-14-7-15-20-9/h7-8,10H,5-6H2,1-4H3,(H,16,18). The van der Waals surface area contributed by atoms with Crippen molar-refractivity contribution < 1.29 is 14.1 Å². The van der Waals surface area contributed by atoms with Crippen molar-refractivity contribution in [2.24, 2.45) is 5.92 Å². The summed E-state index contributed by atoms with van der Waals surface area (Å²) >= 11 is 0. The topological polar surface area (TPSA) is 88.3 Å². The molecule has 2 heterocycles. The first-order valence-electron chi connectivity index (χ1n) is 6.71. The molecule has 1 saturated heterocycles. The van der Waals surface area contributed by atoms with Crippen LogP contribution in [0.5, 0.6) is 0 Å². The second-order valence-electron chi connectivity index (χ2n) is 5.89. The number of hydrogen-bond donors (Lipinski definition) is 1. The van der Waals surface area contributed by atoms with Crippen LogP contribution in [-0.2, 0) is 16.0 Å². The zero-order valence-corrected chi connectivity index (χ0v) is 12.2. The number of carbonyl (C=O) groups is 2. The highest BCUT2D eigenvalue weighted by Gasteiger charge is 2.46. The summed E-state index contributed by atoms with van der Waals surface area (Å²) in [6.07, 6.45) is 1.77. The Morgan fingerprint density at radius 1 is 1.45 bits per heavy atom. The molecule has 0 spiro atoms. The molecule has 1 aromatic heterocycles. The minimum absolute atomic E-state index is 0.0396. The van der Waals surface area contributed by atoms with Crippen molar-refractivity contribution in [3.05, 3.63) is 12.2 Å². The largest absolute Gasteiger partial charge is 0.340 e. The van der Waals surface area contributed by atoms with Crippen LogP contribution < -0.4 is 5.32 Å². The van der Waals surface area contributed by atoms with Crippen LogP contribution in [0, 0.1) is 5.92 Å². The van der Waals surface area contributed by atoms with Gasteiger partial charge in [-0.15, -0.1) is 0 Å². The van der Waals surface area contributed by atoms with Crippen LogP contribution in [0.15, 0.2) is 10.9 Å². The van der Waals surface area contributed by atoms with Gasteiger partial charge in [0.15, 0.2) is 6.33 Å². The van der Waals surface area contributed by atoms with Gasteiger partial charge in [0.2, 0.25) is 17.7 Å². The second kappa shape index (κ2) is 5.22. The lowest BCUT2D eigenvalue weighted by Crippen LogP contribution is -2.69. The van der Waals surface area contributed by atoms with Crippen molar-refractivity contribution in [1.82, 2.24) is 20.4 Å². The normalized spacial score (nSPS) is 22.2. The average molecular weight is 280 g/mol. The van der Waals surface area contributed by atoms with E-state index in [1.165, 1.54) is 6.33 Å². The van der Waals surface area contributed by atoms with Gasteiger partial charge in [0.25, 0.3) is 0 Å². The molecule has 1 N–H and O–H groups in total. The van der Waals surface area contributed by atoms with Gasteiger partial charge in [-0.05, 0) is 19.8 Å². The van der Waals surface area contributed by atoms with Gasteiger partial charge in [-0.3, -0.25) is 9.59 Å². The highest BCUT2D eigenvalue weighted by Crippen LogP contribution is 2.22. The van der Waals surface area contributed by atoms with Gasteiger partial charge in [0.1, 0.15) is 11.6 Å². The number of rotatable bonds is 4. The lowest BCUT2D eigenvalue weighted by molar-refractivity contribution is -0.155. The van der Waals surface area contributed by atoms with Crippen LogP contribution in [0.1, 0.15) is 33.6 Å². The Labute approximate surface area is 117 Å². The first-order valence-corrected chi connectivity index (χ1v) is 6.71. The molecule has 0 aliphatic carbocycles. The van der Waals surface area contributed by atoms with E-state index < -0.39 is 11.6 Å². The lowest BCUT2D eigenvalue weighted by atomic mass is 9.91. The molecule has 1 atom stereocenters. The summed E-state index contributed by atoms with van der Waals surface area (Å²) in [6.45, 7) is 7.67. The van der Waals surface area contributed by atoms with Gasteiger partial charge in [-0.25, -0.2) is 0 Å². The van der Waals surface area contributed by atoms with Gasteiger partial charge in [-0.1, -0.05) is 19.0 Å². The second-order valence-corrected chi connectivity index (χ2v) is 5.89. The van der Waals surface area contributed by atoms with Crippen LogP contribution >= 0.6 is 0 Å². The summed E-state index contributed by atoms with van der Waals surface area (Å²) < 4.78 is 4.93. The number of aromatic nitrogens is 2. The van der Waals surface area contributed by atoms with E-state index in [-0.39, 0.29) is 17.7 Å². The van der Waals surface area contributed by atoms with Gasteiger partial charge in [-0.2, -0.15) is 4.98 Å². The summed E-state index contributed by atoms with van der Waals surface area (Å²) in [5.41, 5.74) is -0.878. The van der Waals surface area contributed by atoms with Crippen molar-refractivity contribution in [1.29, 1.82) is 0 Å². The molecule has 0 saturated carbocycles. The number of carbonyl (C=O) groups excluding carboxylic acids is 2. The van der Waals surface area contributed by atoms with E-state index in [1.54, 1.807) is 18.7 Å². The molecule has 0 bridgehead atoms. The third-order valence-electron chi connectivity index (χ3n) is 3.44. The Balaban J connectivity index is 2.18. The monoisotopic (exact) mass is 280 g/mol. The summed E-state index contributed by atoms with van der Waals surface area (Å²) in [7, 11) is 0. The fourth-order valence-electron chi connectivity index (χ4n) is 2.49.